The molecule has 34 heavy (non-hydrogen) atoms. The zero-order chi connectivity index (χ0) is 25.8. The SMILES string of the molecule is CC(OC(=O)OCCO[N+](=O)[O-])OC(=O)C1=Cc2cc(Cl)c(C(C)(C)C)cc2OC1C(F)(F)F. The maximum Gasteiger partial charge on any atom is 0.511 e. The Labute approximate surface area is 196 Å². The molecule has 1 aliphatic rings. The Hall–Kier alpha value is -3.22. The first-order chi connectivity index (χ1) is 15.6. The molecule has 1 aliphatic heterocycles. The minimum Gasteiger partial charge on any atom is -0.475 e. The van der Waals surface area contributed by atoms with E-state index in [-0.39, 0.29) is 16.3 Å². The third-order valence-electron chi connectivity index (χ3n) is 4.31. The number of carbonyl (C=O) groups excluding carboxylic acids is 2. The van der Waals surface area contributed by atoms with Gasteiger partial charge in [-0.15, -0.1) is 10.1 Å². The Kier molecular flexibility index (Phi) is 8.24. The average Bonchev–Trinajstić information content (AvgIpc) is 2.67. The molecule has 188 valence electrons. The Bertz CT molecular complexity index is 989. The lowest BCUT2D eigenvalue weighted by molar-refractivity contribution is -0.757. The number of halogens is 4. The second-order valence-corrected chi connectivity index (χ2v) is 8.41. The molecule has 0 saturated carbocycles. The van der Waals surface area contributed by atoms with Crippen LogP contribution in [0.1, 0.15) is 38.8 Å². The van der Waals surface area contributed by atoms with Crippen molar-refractivity contribution in [2.75, 3.05) is 13.2 Å². The number of fused-ring (bicyclic) bond motifs is 1. The van der Waals surface area contributed by atoms with Crippen molar-refractivity contribution < 1.29 is 51.6 Å². The van der Waals surface area contributed by atoms with Crippen LogP contribution < -0.4 is 4.74 Å². The van der Waals surface area contributed by atoms with Gasteiger partial charge in [0.1, 0.15) is 19.0 Å². The van der Waals surface area contributed by atoms with Gasteiger partial charge in [-0.2, -0.15) is 13.2 Å². The van der Waals surface area contributed by atoms with E-state index >= 15 is 0 Å². The van der Waals surface area contributed by atoms with Gasteiger partial charge < -0.3 is 23.8 Å². The Morgan fingerprint density at radius 3 is 2.41 bits per heavy atom. The molecule has 14 heteroatoms. The van der Waals surface area contributed by atoms with E-state index in [9.17, 15) is 32.9 Å². The molecule has 1 aromatic carbocycles. The van der Waals surface area contributed by atoms with E-state index in [1.54, 1.807) is 0 Å². The van der Waals surface area contributed by atoms with Crippen LogP contribution in [0, 0.1) is 10.1 Å². The van der Waals surface area contributed by atoms with Gasteiger partial charge in [0.25, 0.3) is 5.09 Å². The molecule has 1 heterocycles. The molecule has 0 bridgehead atoms. The Balaban J connectivity index is 2.18. The molecule has 2 rings (SSSR count). The minimum atomic E-state index is -4.97. The molecule has 2 atom stereocenters. The number of rotatable bonds is 7. The van der Waals surface area contributed by atoms with Gasteiger partial charge in [0.05, 0.1) is 5.57 Å². The summed E-state index contributed by atoms with van der Waals surface area (Å²) in [6.07, 6.45) is -9.71. The maximum atomic E-state index is 13.7. The van der Waals surface area contributed by atoms with Crippen molar-refractivity contribution in [3.05, 3.63) is 44.0 Å². The molecule has 0 spiro atoms. The van der Waals surface area contributed by atoms with E-state index < -0.39 is 60.0 Å². The molecular weight excluding hydrogens is 491 g/mol. The fourth-order valence-corrected chi connectivity index (χ4v) is 3.31. The van der Waals surface area contributed by atoms with Crippen LogP contribution >= 0.6 is 11.6 Å². The van der Waals surface area contributed by atoms with E-state index in [0.717, 1.165) is 13.0 Å². The van der Waals surface area contributed by atoms with Crippen molar-refractivity contribution in [2.24, 2.45) is 0 Å². The molecule has 1 aromatic rings. The highest BCUT2D eigenvalue weighted by Gasteiger charge is 2.49. The molecule has 0 amide bonds. The molecular formula is C20H21ClF3NO9. The predicted octanol–water partition coefficient (Wildman–Crippen LogP) is 4.59. The van der Waals surface area contributed by atoms with Crippen molar-refractivity contribution in [2.45, 2.75) is 51.7 Å². The number of alkyl halides is 3. The molecule has 0 saturated heterocycles. The molecule has 0 fully saturated rings. The summed E-state index contributed by atoms with van der Waals surface area (Å²) >= 11 is 6.27. The van der Waals surface area contributed by atoms with Gasteiger partial charge in [-0.05, 0) is 29.2 Å². The van der Waals surface area contributed by atoms with Gasteiger partial charge in [-0.1, -0.05) is 32.4 Å². The third kappa shape index (κ3) is 7.14. The summed E-state index contributed by atoms with van der Waals surface area (Å²) in [5.41, 5.74) is -0.687. The zero-order valence-electron chi connectivity index (χ0n) is 18.4. The van der Waals surface area contributed by atoms with Gasteiger partial charge in [0, 0.05) is 17.5 Å². The summed E-state index contributed by atoms with van der Waals surface area (Å²) in [6, 6.07) is 2.76. The summed E-state index contributed by atoms with van der Waals surface area (Å²) in [7, 11) is 0. The molecule has 0 aliphatic carbocycles. The number of esters is 1. The third-order valence-corrected chi connectivity index (χ3v) is 4.63. The highest BCUT2D eigenvalue weighted by Crippen LogP contribution is 2.42. The van der Waals surface area contributed by atoms with Crippen molar-refractivity contribution >= 4 is 29.8 Å². The lowest BCUT2D eigenvalue weighted by atomic mass is 9.85. The van der Waals surface area contributed by atoms with Gasteiger partial charge in [-0.3, -0.25) is 0 Å². The van der Waals surface area contributed by atoms with Crippen molar-refractivity contribution in [1.82, 2.24) is 0 Å². The standard InChI is InChI=1S/C20H21ClF3NO9/c1-10(33-18(27)30-5-6-31-25(28)29)32-17(26)12-7-11-8-14(21)13(19(2,3)4)9-15(11)34-16(12)20(22,23)24/h7-10,16H,5-6H2,1-4H3. The molecule has 10 nitrogen and oxygen atoms in total. The van der Waals surface area contributed by atoms with Crippen LogP contribution in [-0.4, -0.2) is 49.0 Å². The van der Waals surface area contributed by atoms with Crippen LogP contribution in [0.3, 0.4) is 0 Å². The lowest BCUT2D eigenvalue weighted by Crippen LogP contribution is -2.41. The van der Waals surface area contributed by atoms with Crippen LogP contribution in [0.4, 0.5) is 18.0 Å². The first-order valence-corrected chi connectivity index (χ1v) is 10.1. The first kappa shape index (κ1) is 27.0. The van der Waals surface area contributed by atoms with Crippen LogP contribution in [0.2, 0.25) is 5.02 Å². The predicted molar refractivity (Wildman–Crippen MR) is 110 cm³/mol. The normalized spacial score (nSPS) is 16.4. The maximum absolute atomic E-state index is 13.7. The number of benzene rings is 1. The van der Waals surface area contributed by atoms with Crippen LogP contribution in [0.5, 0.6) is 5.75 Å². The largest absolute Gasteiger partial charge is 0.511 e. The smallest absolute Gasteiger partial charge is 0.475 e. The summed E-state index contributed by atoms with van der Waals surface area (Å²) in [4.78, 5) is 37.9. The number of nitrogens with zero attached hydrogens (tertiary/aromatic N) is 1. The summed E-state index contributed by atoms with van der Waals surface area (Å²) in [5, 5.41) is 9.16. The Morgan fingerprint density at radius 2 is 1.85 bits per heavy atom. The van der Waals surface area contributed by atoms with E-state index in [2.05, 4.69) is 14.3 Å². The highest BCUT2D eigenvalue weighted by atomic mass is 35.5. The van der Waals surface area contributed by atoms with E-state index in [1.165, 1.54) is 12.1 Å². The van der Waals surface area contributed by atoms with Gasteiger partial charge in [-0.25, -0.2) is 9.59 Å². The number of hydrogen-bond acceptors (Lipinski definition) is 9. The quantitative estimate of drug-likeness (QED) is 0.170. The monoisotopic (exact) mass is 511 g/mol. The lowest BCUT2D eigenvalue weighted by Gasteiger charge is -2.30. The van der Waals surface area contributed by atoms with Crippen LogP contribution in [0.15, 0.2) is 17.7 Å². The fourth-order valence-electron chi connectivity index (χ4n) is 2.85. The Morgan fingerprint density at radius 1 is 1.21 bits per heavy atom. The van der Waals surface area contributed by atoms with E-state index in [4.69, 9.17) is 21.1 Å². The molecule has 2 unspecified atom stereocenters. The van der Waals surface area contributed by atoms with Gasteiger partial charge >= 0.3 is 18.3 Å². The van der Waals surface area contributed by atoms with Crippen molar-refractivity contribution in [3.8, 4) is 5.75 Å². The highest BCUT2D eigenvalue weighted by molar-refractivity contribution is 6.31. The second kappa shape index (κ2) is 10.4. The summed E-state index contributed by atoms with van der Waals surface area (Å²) in [6.45, 7) is 5.40. The first-order valence-electron chi connectivity index (χ1n) is 9.70. The van der Waals surface area contributed by atoms with E-state index in [1.807, 2.05) is 20.8 Å². The molecule has 0 radical (unpaired) electrons. The summed E-state index contributed by atoms with van der Waals surface area (Å²) < 4.78 is 59.9. The average molecular weight is 512 g/mol. The molecule has 0 aromatic heterocycles. The second-order valence-electron chi connectivity index (χ2n) is 8.01. The topological polar surface area (TPSA) is 123 Å². The van der Waals surface area contributed by atoms with Crippen LogP contribution in [0.25, 0.3) is 6.08 Å². The summed E-state index contributed by atoms with van der Waals surface area (Å²) in [5.74, 6) is -1.57. The number of ether oxygens (including phenoxy) is 4. The zero-order valence-corrected chi connectivity index (χ0v) is 19.2. The number of carbonyl (C=O) groups is 2. The van der Waals surface area contributed by atoms with Crippen LogP contribution in [-0.2, 0) is 29.3 Å². The van der Waals surface area contributed by atoms with Crippen molar-refractivity contribution in [1.29, 1.82) is 0 Å². The van der Waals surface area contributed by atoms with Gasteiger partial charge in [0.2, 0.25) is 12.4 Å². The van der Waals surface area contributed by atoms with Gasteiger partial charge in [0.15, 0.2) is 0 Å². The fraction of sp³-hybridized carbons (Fsp3) is 0.500. The number of hydrogen-bond donors (Lipinski definition) is 0. The van der Waals surface area contributed by atoms with Crippen molar-refractivity contribution in [3.63, 3.8) is 0 Å². The molecule has 0 N–H and O–H groups in total. The van der Waals surface area contributed by atoms with E-state index in [0.29, 0.717) is 5.56 Å². The minimum absolute atomic E-state index is 0.113.